The number of quaternary nitrogens is 1. The number of rotatable bonds is 6. The van der Waals surface area contributed by atoms with Gasteiger partial charge in [-0.05, 0) is 31.2 Å². The predicted molar refractivity (Wildman–Crippen MR) is 85.9 cm³/mol. The molecule has 0 unspecified atom stereocenters. The van der Waals surface area contributed by atoms with Crippen LogP contribution >= 0.6 is 0 Å². The Kier molecular flexibility index (Phi) is 6.34. The van der Waals surface area contributed by atoms with Crippen LogP contribution in [0.4, 0.5) is 10.1 Å². The van der Waals surface area contributed by atoms with Crippen molar-refractivity contribution < 1.29 is 18.9 Å². The van der Waals surface area contributed by atoms with Gasteiger partial charge in [0.1, 0.15) is 5.82 Å². The summed E-state index contributed by atoms with van der Waals surface area (Å²) in [4.78, 5) is 26.5. The van der Waals surface area contributed by atoms with Crippen molar-refractivity contribution in [3.8, 4) is 0 Å². The number of amides is 2. The number of halogens is 1. The van der Waals surface area contributed by atoms with Gasteiger partial charge in [0.2, 0.25) is 5.91 Å². The summed E-state index contributed by atoms with van der Waals surface area (Å²) in [6.07, 6.45) is 0. The van der Waals surface area contributed by atoms with Crippen molar-refractivity contribution in [1.29, 1.82) is 0 Å². The van der Waals surface area contributed by atoms with Crippen molar-refractivity contribution in [1.82, 2.24) is 10.6 Å². The molecule has 2 rings (SSSR count). The predicted octanol–water partition coefficient (Wildman–Crippen LogP) is -1.22. The monoisotopic (exact) mass is 323 g/mol. The molecular formula is C16H24FN4O2+. The largest absolute Gasteiger partial charge is 0.360 e. The summed E-state index contributed by atoms with van der Waals surface area (Å²) < 4.78 is 12.9. The first-order valence-corrected chi connectivity index (χ1v) is 7.96. The zero-order chi connectivity index (χ0) is 16.7. The third-order valence-corrected chi connectivity index (χ3v) is 3.89. The number of hydrogen-bond acceptors (Lipinski definition) is 3. The third kappa shape index (κ3) is 5.52. The molecule has 0 saturated carbocycles. The van der Waals surface area contributed by atoms with E-state index in [9.17, 15) is 14.0 Å². The highest BCUT2D eigenvalue weighted by atomic mass is 19.1. The highest BCUT2D eigenvalue weighted by Crippen LogP contribution is 2.14. The molecule has 1 aliphatic heterocycles. The Bertz CT molecular complexity index is 527. The van der Waals surface area contributed by atoms with Gasteiger partial charge in [-0.25, -0.2) is 4.39 Å². The number of piperazine rings is 1. The highest BCUT2D eigenvalue weighted by molar-refractivity contribution is 5.84. The van der Waals surface area contributed by atoms with Crippen molar-refractivity contribution in [2.24, 2.45) is 0 Å². The number of likely N-dealkylation sites (N-methyl/N-ethyl adjacent to an activating group) is 1. The zero-order valence-electron chi connectivity index (χ0n) is 13.4. The molecule has 3 N–H and O–H groups in total. The van der Waals surface area contributed by atoms with Crippen molar-refractivity contribution in [2.45, 2.75) is 6.92 Å². The van der Waals surface area contributed by atoms with E-state index in [1.807, 2.05) is 6.92 Å². The minimum Gasteiger partial charge on any atom is -0.360 e. The van der Waals surface area contributed by atoms with Gasteiger partial charge >= 0.3 is 0 Å². The van der Waals surface area contributed by atoms with Crippen LogP contribution < -0.4 is 20.4 Å². The molecule has 1 aliphatic rings. The normalized spacial score (nSPS) is 15.3. The van der Waals surface area contributed by atoms with Crippen LogP contribution in [0.15, 0.2) is 24.3 Å². The lowest BCUT2D eigenvalue weighted by Gasteiger charge is -2.33. The van der Waals surface area contributed by atoms with E-state index >= 15 is 0 Å². The highest BCUT2D eigenvalue weighted by Gasteiger charge is 2.22. The van der Waals surface area contributed by atoms with Crippen molar-refractivity contribution in [3.05, 3.63) is 30.1 Å². The number of nitrogens with one attached hydrogen (secondary N) is 3. The Hall–Kier alpha value is -2.15. The molecule has 1 saturated heterocycles. The smallest absolute Gasteiger partial charge is 0.275 e. The van der Waals surface area contributed by atoms with Gasteiger partial charge in [-0.3, -0.25) is 9.59 Å². The van der Waals surface area contributed by atoms with Crippen LogP contribution in [0.2, 0.25) is 0 Å². The summed E-state index contributed by atoms with van der Waals surface area (Å²) in [6.45, 7) is 6.13. The van der Waals surface area contributed by atoms with E-state index in [4.69, 9.17) is 0 Å². The van der Waals surface area contributed by atoms with Crippen molar-refractivity contribution in [2.75, 3.05) is 50.7 Å². The summed E-state index contributed by atoms with van der Waals surface area (Å²) in [5.74, 6) is -0.514. The van der Waals surface area contributed by atoms with Gasteiger partial charge in [0.25, 0.3) is 5.91 Å². The second-order valence-corrected chi connectivity index (χ2v) is 5.62. The SMILES string of the molecule is CCNC(=O)CNC(=O)C[NH+]1CCN(c2ccc(F)cc2)CC1. The fraction of sp³-hybridized carbons (Fsp3) is 0.500. The van der Waals surface area contributed by atoms with Crippen molar-refractivity contribution >= 4 is 17.5 Å². The van der Waals surface area contributed by atoms with Crippen molar-refractivity contribution in [3.63, 3.8) is 0 Å². The molecule has 6 nitrogen and oxygen atoms in total. The standard InChI is InChI=1S/C16H23FN4O2/c1-2-18-15(22)11-19-16(23)12-20-7-9-21(10-8-20)14-5-3-13(17)4-6-14/h3-6H,2,7-12H2,1H3,(H,18,22)(H,19,23)/p+1. The van der Waals surface area contributed by atoms with Gasteiger partial charge in [-0.1, -0.05) is 0 Å². The molecule has 1 aromatic rings. The van der Waals surface area contributed by atoms with Crippen LogP contribution in [0.3, 0.4) is 0 Å². The fourth-order valence-electron chi connectivity index (χ4n) is 2.64. The summed E-state index contributed by atoms with van der Waals surface area (Å²) in [6, 6.07) is 6.48. The van der Waals surface area contributed by atoms with Crippen LogP contribution in [0, 0.1) is 5.82 Å². The minimum absolute atomic E-state index is 0.0294. The van der Waals surface area contributed by atoms with E-state index in [0.717, 1.165) is 31.9 Å². The molecule has 0 atom stereocenters. The molecule has 2 amide bonds. The molecule has 0 spiro atoms. The molecule has 126 valence electrons. The van der Waals surface area contributed by atoms with Crippen LogP contribution in [-0.4, -0.2) is 57.6 Å². The van der Waals surface area contributed by atoms with Gasteiger partial charge < -0.3 is 20.4 Å². The van der Waals surface area contributed by atoms with Crippen LogP contribution in [0.25, 0.3) is 0 Å². The van der Waals surface area contributed by atoms with Gasteiger partial charge in [-0.2, -0.15) is 0 Å². The number of benzene rings is 1. The topological polar surface area (TPSA) is 65.9 Å². The Balaban J connectivity index is 1.71. The van der Waals surface area contributed by atoms with Gasteiger partial charge in [0.05, 0.1) is 32.7 Å². The maximum atomic E-state index is 12.9. The quantitative estimate of drug-likeness (QED) is 0.615. The van der Waals surface area contributed by atoms with Gasteiger partial charge in [-0.15, -0.1) is 0 Å². The van der Waals surface area contributed by atoms with Gasteiger partial charge in [0, 0.05) is 12.2 Å². The summed E-state index contributed by atoms with van der Waals surface area (Å²) >= 11 is 0. The average molecular weight is 323 g/mol. The second kappa shape index (κ2) is 8.47. The van der Waals surface area contributed by atoms with E-state index in [1.54, 1.807) is 12.1 Å². The lowest BCUT2D eigenvalue weighted by Crippen LogP contribution is -3.16. The number of carbonyl (C=O) groups is 2. The zero-order valence-corrected chi connectivity index (χ0v) is 13.4. The van der Waals surface area contributed by atoms with E-state index < -0.39 is 0 Å². The fourth-order valence-corrected chi connectivity index (χ4v) is 2.64. The van der Waals surface area contributed by atoms with Crippen LogP contribution in [-0.2, 0) is 9.59 Å². The number of carbonyl (C=O) groups excluding carboxylic acids is 2. The summed E-state index contributed by atoms with van der Waals surface area (Å²) in [7, 11) is 0. The van der Waals surface area contributed by atoms with E-state index in [2.05, 4.69) is 15.5 Å². The first kappa shape index (κ1) is 17.2. The first-order chi connectivity index (χ1) is 11.1. The van der Waals surface area contributed by atoms with Crippen LogP contribution in [0.5, 0.6) is 0 Å². The molecule has 1 aromatic carbocycles. The molecule has 0 bridgehead atoms. The Morgan fingerprint density at radius 2 is 1.78 bits per heavy atom. The Morgan fingerprint density at radius 1 is 1.13 bits per heavy atom. The molecule has 1 fully saturated rings. The summed E-state index contributed by atoms with van der Waals surface area (Å²) in [5, 5.41) is 5.28. The Morgan fingerprint density at radius 3 is 2.39 bits per heavy atom. The average Bonchev–Trinajstić information content (AvgIpc) is 2.55. The van der Waals surface area contributed by atoms with Crippen LogP contribution in [0.1, 0.15) is 6.92 Å². The second-order valence-electron chi connectivity index (χ2n) is 5.62. The number of nitrogens with zero attached hydrogens (tertiary/aromatic N) is 1. The summed E-state index contributed by atoms with van der Waals surface area (Å²) in [5.41, 5.74) is 1.01. The number of hydrogen-bond donors (Lipinski definition) is 3. The lowest BCUT2D eigenvalue weighted by molar-refractivity contribution is -0.892. The van der Waals surface area contributed by atoms with E-state index in [0.29, 0.717) is 13.1 Å². The molecule has 7 heteroatoms. The molecular weight excluding hydrogens is 299 g/mol. The van der Waals surface area contributed by atoms with E-state index in [-0.39, 0.29) is 24.2 Å². The minimum atomic E-state index is -0.234. The lowest BCUT2D eigenvalue weighted by atomic mass is 10.2. The van der Waals surface area contributed by atoms with E-state index in [1.165, 1.54) is 17.0 Å². The maximum absolute atomic E-state index is 12.9. The molecule has 0 aliphatic carbocycles. The third-order valence-electron chi connectivity index (χ3n) is 3.89. The maximum Gasteiger partial charge on any atom is 0.275 e. The molecule has 0 aromatic heterocycles. The Labute approximate surface area is 135 Å². The first-order valence-electron chi connectivity index (χ1n) is 7.96. The molecule has 1 heterocycles. The number of anilines is 1. The van der Waals surface area contributed by atoms with Gasteiger partial charge in [0.15, 0.2) is 6.54 Å². The molecule has 23 heavy (non-hydrogen) atoms. The molecule has 0 radical (unpaired) electrons.